The van der Waals surface area contributed by atoms with Gasteiger partial charge >= 0.3 is 5.97 Å². The first kappa shape index (κ1) is 67.9. The van der Waals surface area contributed by atoms with Crippen molar-refractivity contribution in [2.24, 2.45) is 0 Å². The third-order valence-electron chi connectivity index (χ3n) is 13.3. The maximum Gasteiger partial charge on any atom is 0.306 e. The van der Waals surface area contributed by atoms with E-state index < -0.39 is 67.4 Å². The van der Waals surface area contributed by atoms with Gasteiger partial charge in [-0.1, -0.05) is 247 Å². The Morgan fingerprint density at radius 2 is 0.973 bits per heavy atom. The van der Waals surface area contributed by atoms with Gasteiger partial charge in [-0.25, -0.2) is 0 Å². The minimum Gasteiger partial charge on any atom is -0.454 e. The van der Waals surface area contributed by atoms with E-state index in [9.17, 15) is 35.1 Å². The van der Waals surface area contributed by atoms with E-state index in [1.165, 1.54) is 109 Å². The monoisotopic (exact) mass is 1030 g/mol. The maximum absolute atomic E-state index is 13.3. The molecule has 1 fully saturated rings. The van der Waals surface area contributed by atoms with Crippen LogP contribution in [0.1, 0.15) is 233 Å². The van der Waals surface area contributed by atoms with E-state index in [0.29, 0.717) is 12.8 Å². The van der Waals surface area contributed by atoms with E-state index in [4.69, 9.17) is 14.2 Å². The van der Waals surface area contributed by atoms with Gasteiger partial charge in [-0.3, -0.25) is 9.59 Å². The van der Waals surface area contributed by atoms with Crippen LogP contribution in [0.3, 0.4) is 0 Å². The molecule has 0 saturated carbocycles. The van der Waals surface area contributed by atoms with E-state index in [2.05, 4.69) is 80.8 Å². The smallest absolute Gasteiger partial charge is 0.306 e. The minimum atomic E-state index is -1.63. The fourth-order valence-corrected chi connectivity index (χ4v) is 8.67. The van der Waals surface area contributed by atoms with Gasteiger partial charge in [-0.15, -0.1) is 0 Å². The zero-order valence-electron chi connectivity index (χ0n) is 46.2. The van der Waals surface area contributed by atoms with Crippen LogP contribution in [0.2, 0.25) is 0 Å². The van der Waals surface area contributed by atoms with Crippen molar-refractivity contribution < 1.29 is 49.3 Å². The van der Waals surface area contributed by atoms with Gasteiger partial charge in [-0.05, 0) is 57.8 Å². The number of nitrogens with one attached hydrogen (secondary N) is 1. The Kier molecular flexibility index (Phi) is 46.2. The molecule has 0 aliphatic carbocycles. The molecule has 11 heteroatoms. The van der Waals surface area contributed by atoms with Gasteiger partial charge in [0.2, 0.25) is 5.91 Å². The average Bonchev–Trinajstić information content (AvgIpc) is 3.39. The Bertz CT molecular complexity index is 1510. The highest BCUT2D eigenvalue weighted by Crippen LogP contribution is 2.26. The average molecular weight is 1030 g/mol. The van der Waals surface area contributed by atoms with E-state index in [0.717, 1.165) is 77.0 Å². The zero-order valence-corrected chi connectivity index (χ0v) is 46.2. The molecule has 1 aliphatic heterocycles. The Morgan fingerprint density at radius 3 is 1.42 bits per heavy atom. The highest BCUT2D eigenvalue weighted by molar-refractivity contribution is 5.81. The summed E-state index contributed by atoms with van der Waals surface area (Å²) in [4.78, 5) is 26.4. The first-order valence-electron chi connectivity index (χ1n) is 29.4. The van der Waals surface area contributed by atoms with E-state index in [1.54, 1.807) is 12.2 Å². The van der Waals surface area contributed by atoms with Crippen LogP contribution in [0.5, 0.6) is 0 Å². The lowest BCUT2D eigenvalue weighted by atomic mass is 9.99. The third kappa shape index (κ3) is 38.1. The standard InChI is InChI=1S/C62H107NO10/c1-4-7-10-13-16-19-22-24-26-27-28-30-31-34-37-40-43-46-49-55(66)61(70)63-53(54(65)48-45-42-39-36-33-21-18-15-12-9-6-3)52-71-62-60(59(69)58(68)56(51-64)72-62)73-57(67)50-47-44-41-38-35-32-29-25-23-20-17-14-11-8-5-2/h7,10,16,19,24,26,28,30,34,37,43,45-46,48,53-56,58-60,62,64-66,68-69H,4-6,8-9,11-15,17-18,20-23,25,27,29,31-33,35-36,38-42,44,47,49-52H2,1-3H3,(H,63,70)/b10-7-,19-16-,26-24-,30-28-,37-34-,46-43-,48-45+. The Labute approximate surface area is 444 Å². The molecular formula is C62H107NO10. The van der Waals surface area contributed by atoms with Gasteiger partial charge in [0.05, 0.1) is 25.4 Å². The number of hydrogen-bond acceptors (Lipinski definition) is 10. The van der Waals surface area contributed by atoms with Gasteiger partial charge < -0.3 is 45.1 Å². The first-order valence-corrected chi connectivity index (χ1v) is 29.4. The molecule has 0 bridgehead atoms. The molecule has 1 amide bonds. The fourth-order valence-electron chi connectivity index (χ4n) is 8.67. The van der Waals surface area contributed by atoms with Crippen LogP contribution in [0, 0.1) is 0 Å². The fraction of sp³-hybridized carbons (Fsp3) is 0.742. The highest BCUT2D eigenvalue weighted by Gasteiger charge is 2.47. The van der Waals surface area contributed by atoms with Crippen molar-refractivity contribution in [2.75, 3.05) is 13.2 Å². The van der Waals surface area contributed by atoms with Crippen molar-refractivity contribution in [3.8, 4) is 0 Å². The number of carbonyl (C=O) groups is 2. The van der Waals surface area contributed by atoms with Crippen LogP contribution in [0.4, 0.5) is 0 Å². The molecule has 6 N–H and O–H groups in total. The maximum atomic E-state index is 13.3. The summed E-state index contributed by atoms with van der Waals surface area (Å²) >= 11 is 0. The number of rotatable bonds is 48. The van der Waals surface area contributed by atoms with Crippen LogP contribution < -0.4 is 5.32 Å². The van der Waals surface area contributed by atoms with Crippen molar-refractivity contribution in [1.82, 2.24) is 5.32 Å². The lowest BCUT2D eigenvalue weighted by Gasteiger charge is -2.41. The number of allylic oxidation sites excluding steroid dienone is 12. The van der Waals surface area contributed by atoms with Gasteiger partial charge in [-0.2, -0.15) is 0 Å². The number of esters is 1. The molecular weight excluding hydrogens is 919 g/mol. The van der Waals surface area contributed by atoms with Gasteiger partial charge in [0.15, 0.2) is 12.4 Å². The molecule has 1 saturated heterocycles. The molecule has 1 aliphatic rings. The van der Waals surface area contributed by atoms with Crippen molar-refractivity contribution in [1.29, 1.82) is 0 Å². The van der Waals surface area contributed by atoms with Crippen LogP contribution in [-0.4, -0.2) is 99.6 Å². The summed E-state index contributed by atoms with van der Waals surface area (Å²) in [6, 6.07) is -1.07. The molecule has 8 unspecified atom stereocenters. The summed E-state index contributed by atoms with van der Waals surface area (Å²) in [5, 5.41) is 56.7. The molecule has 0 aromatic rings. The second kappa shape index (κ2) is 49.7. The number of aliphatic hydroxyl groups is 5. The molecule has 0 aromatic carbocycles. The Hall–Kier alpha value is -3.16. The first-order chi connectivity index (χ1) is 35.7. The highest BCUT2D eigenvalue weighted by atomic mass is 16.7. The number of aliphatic hydroxyl groups excluding tert-OH is 5. The Balaban J connectivity index is 2.76. The predicted octanol–water partition coefficient (Wildman–Crippen LogP) is 13.4. The molecule has 8 atom stereocenters. The lowest BCUT2D eigenvalue weighted by molar-refractivity contribution is -0.305. The van der Waals surface area contributed by atoms with Crippen molar-refractivity contribution in [3.63, 3.8) is 0 Å². The Morgan fingerprint density at radius 1 is 0.548 bits per heavy atom. The predicted molar refractivity (Wildman–Crippen MR) is 301 cm³/mol. The quantitative estimate of drug-likeness (QED) is 0.0195. The van der Waals surface area contributed by atoms with Crippen LogP contribution in [0.15, 0.2) is 85.1 Å². The number of hydrogen-bond donors (Lipinski definition) is 6. The lowest BCUT2D eigenvalue weighted by Crippen LogP contribution is -2.61. The molecule has 1 rings (SSSR count). The number of amides is 1. The number of ether oxygens (including phenoxy) is 3. The van der Waals surface area contributed by atoms with Gasteiger partial charge in [0.25, 0.3) is 0 Å². The van der Waals surface area contributed by atoms with Crippen molar-refractivity contribution >= 4 is 11.9 Å². The van der Waals surface area contributed by atoms with Crippen LogP contribution >= 0.6 is 0 Å². The van der Waals surface area contributed by atoms with Crippen LogP contribution in [-0.2, 0) is 23.8 Å². The summed E-state index contributed by atoms with van der Waals surface area (Å²) in [7, 11) is 0. The van der Waals surface area contributed by atoms with Crippen molar-refractivity contribution in [2.45, 2.75) is 282 Å². The van der Waals surface area contributed by atoms with Crippen LogP contribution in [0.25, 0.3) is 0 Å². The molecule has 420 valence electrons. The van der Waals surface area contributed by atoms with E-state index in [1.807, 2.05) is 18.2 Å². The normalized spacial score (nSPS) is 20.0. The summed E-state index contributed by atoms with van der Waals surface area (Å²) in [5.41, 5.74) is 0. The molecule has 1 heterocycles. The largest absolute Gasteiger partial charge is 0.454 e. The summed E-state index contributed by atoms with van der Waals surface area (Å²) in [5.74, 6) is -1.29. The third-order valence-corrected chi connectivity index (χ3v) is 13.3. The zero-order chi connectivity index (χ0) is 53.3. The minimum absolute atomic E-state index is 0.0556. The van der Waals surface area contributed by atoms with Gasteiger partial charge in [0.1, 0.15) is 24.4 Å². The topological polar surface area (TPSA) is 175 Å². The molecule has 0 radical (unpaired) electrons. The second-order valence-electron chi connectivity index (χ2n) is 20.0. The molecule has 0 spiro atoms. The molecule has 73 heavy (non-hydrogen) atoms. The molecule has 0 aromatic heterocycles. The summed E-state index contributed by atoms with van der Waals surface area (Å²) in [6.07, 6.45) is 53.6. The second-order valence-corrected chi connectivity index (χ2v) is 20.0. The molecule has 11 nitrogen and oxygen atoms in total. The van der Waals surface area contributed by atoms with Gasteiger partial charge in [0, 0.05) is 12.8 Å². The summed E-state index contributed by atoms with van der Waals surface area (Å²) in [6.45, 7) is 5.61. The summed E-state index contributed by atoms with van der Waals surface area (Å²) < 4.78 is 17.5. The number of carbonyl (C=O) groups excluding carboxylic acids is 2. The number of unbranched alkanes of at least 4 members (excludes halogenated alkanes) is 23. The van der Waals surface area contributed by atoms with Crippen molar-refractivity contribution in [3.05, 3.63) is 85.1 Å². The van der Waals surface area contributed by atoms with E-state index in [-0.39, 0.29) is 19.4 Å². The SMILES string of the molecule is CC/C=C\C/C=C\C/C=C\C/C=C\C/C=C\C/C=C\CC(O)C(=O)NC(COC1OC(CO)C(O)C(O)C1OC(=O)CCCCCCCCCCCCCCCCC)C(O)/C=C/CCCCCCCCCCC. The van der Waals surface area contributed by atoms with E-state index >= 15 is 0 Å².